The molecule has 0 saturated heterocycles. The Morgan fingerprint density at radius 3 is 2.67 bits per heavy atom. The summed E-state index contributed by atoms with van der Waals surface area (Å²) in [6.07, 6.45) is 4.82. The number of aromatic nitrogens is 2. The van der Waals surface area contributed by atoms with Crippen LogP contribution in [0.2, 0.25) is 0 Å². The van der Waals surface area contributed by atoms with E-state index in [0.717, 1.165) is 17.8 Å². The quantitative estimate of drug-likeness (QED) is 0.692. The SMILES string of the molecule is CCN(Cc1ccc(Oc2ccc(C(N)=O)nc2)c(F)c1)c1cccnc1. The first-order valence-corrected chi connectivity index (χ1v) is 8.44. The normalized spacial score (nSPS) is 10.4. The van der Waals surface area contributed by atoms with Crippen LogP contribution in [0.4, 0.5) is 10.1 Å². The molecule has 0 fully saturated rings. The van der Waals surface area contributed by atoms with E-state index in [1.807, 2.05) is 25.1 Å². The number of nitrogens with two attached hydrogens (primary N) is 1. The van der Waals surface area contributed by atoms with Crippen molar-refractivity contribution in [3.63, 3.8) is 0 Å². The summed E-state index contributed by atoms with van der Waals surface area (Å²) in [5, 5.41) is 0. The van der Waals surface area contributed by atoms with Crippen LogP contribution in [0.25, 0.3) is 0 Å². The van der Waals surface area contributed by atoms with E-state index >= 15 is 0 Å². The van der Waals surface area contributed by atoms with E-state index in [0.29, 0.717) is 12.3 Å². The van der Waals surface area contributed by atoms with Crippen LogP contribution in [-0.4, -0.2) is 22.4 Å². The monoisotopic (exact) mass is 366 g/mol. The summed E-state index contributed by atoms with van der Waals surface area (Å²) in [4.78, 5) is 21.1. The Kier molecular flexibility index (Phi) is 5.61. The fraction of sp³-hybridized carbons (Fsp3) is 0.150. The van der Waals surface area contributed by atoms with Crippen molar-refractivity contribution in [2.45, 2.75) is 13.5 Å². The van der Waals surface area contributed by atoms with Crippen molar-refractivity contribution in [2.75, 3.05) is 11.4 Å². The van der Waals surface area contributed by atoms with Gasteiger partial charge < -0.3 is 15.4 Å². The molecule has 0 aliphatic carbocycles. The van der Waals surface area contributed by atoms with Gasteiger partial charge in [-0.15, -0.1) is 0 Å². The van der Waals surface area contributed by atoms with E-state index < -0.39 is 11.7 Å². The molecule has 0 radical (unpaired) electrons. The Labute approximate surface area is 156 Å². The molecule has 1 aromatic carbocycles. The van der Waals surface area contributed by atoms with Crippen molar-refractivity contribution < 1.29 is 13.9 Å². The Morgan fingerprint density at radius 1 is 1.22 bits per heavy atom. The number of halogens is 1. The lowest BCUT2D eigenvalue weighted by Crippen LogP contribution is -2.22. The first-order valence-electron chi connectivity index (χ1n) is 8.44. The van der Waals surface area contributed by atoms with Crippen molar-refractivity contribution >= 4 is 11.6 Å². The number of rotatable bonds is 7. The molecule has 3 aromatic rings. The minimum Gasteiger partial charge on any atom is -0.453 e. The smallest absolute Gasteiger partial charge is 0.267 e. The highest BCUT2D eigenvalue weighted by Gasteiger charge is 2.10. The lowest BCUT2D eigenvalue weighted by molar-refractivity contribution is 0.0995. The second kappa shape index (κ2) is 8.27. The van der Waals surface area contributed by atoms with E-state index in [-0.39, 0.29) is 11.4 Å². The number of carbonyl (C=O) groups excluding carboxylic acids is 1. The van der Waals surface area contributed by atoms with E-state index in [2.05, 4.69) is 14.9 Å². The average molecular weight is 366 g/mol. The minimum atomic E-state index is -0.633. The third-order valence-electron chi connectivity index (χ3n) is 3.98. The maximum atomic E-state index is 14.4. The Morgan fingerprint density at radius 2 is 2.07 bits per heavy atom. The molecule has 6 nitrogen and oxygen atoms in total. The van der Waals surface area contributed by atoms with Gasteiger partial charge in [0.1, 0.15) is 11.4 Å². The molecule has 0 spiro atoms. The zero-order valence-electron chi connectivity index (χ0n) is 14.8. The van der Waals surface area contributed by atoms with Crippen LogP contribution in [0.15, 0.2) is 61.1 Å². The molecule has 1 amide bonds. The van der Waals surface area contributed by atoms with Crippen LogP contribution >= 0.6 is 0 Å². The number of anilines is 1. The summed E-state index contributed by atoms with van der Waals surface area (Å²) in [5.41, 5.74) is 7.05. The fourth-order valence-electron chi connectivity index (χ4n) is 2.59. The predicted octanol–water partition coefficient (Wildman–Crippen LogP) is 3.53. The van der Waals surface area contributed by atoms with Crippen molar-refractivity contribution in [1.29, 1.82) is 0 Å². The minimum absolute atomic E-state index is 0.0804. The maximum absolute atomic E-state index is 14.4. The Bertz CT molecular complexity index is 917. The van der Waals surface area contributed by atoms with Crippen LogP contribution in [0.5, 0.6) is 11.5 Å². The van der Waals surface area contributed by atoms with Crippen LogP contribution in [0.1, 0.15) is 23.0 Å². The maximum Gasteiger partial charge on any atom is 0.267 e. The van der Waals surface area contributed by atoms with Crippen LogP contribution in [0, 0.1) is 5.82 Å². The molecular weight excluding hydrogens is 347 g/mol. The number of amides is 1. The van der Waals surface area contributed by atoms with Gasteiger partial charge in [0.05, 0.1) is 18.1 Å². The van der Waals surface area contributed by atoms with Gasteiger partial charge in [0.25, 0.3) is 5.91 Å². The van der Waals surface area contributed by atoms with Gasteiger partial charge >= 0.3 is 0 Å². The highest BCUT2D eigenvalue weighted by molar-refractivity contribution is 5.90. The van der Waals surface area contributed by atoms with Crippen LogP contribution in [-0.2, 0) is 6.54 Å². The molecule has 0 saturated carbocycles. The predicted molar refractivity (Wildman–Crippen MR) is 100 cm³/mol. The van der Waals surface area contributed by atoms with Gasteiger partial charge in [-0.05, 0) is 48.9 Å². The molecule has 2 aromatic heterocycles. The first-order chi connectivity index (χ1) is 13.1. The zero-order valence-corrected chi connectivity index (χ0v) is 14.8. The summed E-state index contributed by atoms with van der Waals surface area (Å²) in [7, 11) is 0. The van der Waals surface area contributed by atoms with Crippen molar-refractivity contribution in [3.8, 4) is 11.5 Å². The second-order valence-electron chi connectivity index (χ2n) is 5.84. The molecule has 0 aliphatic rings. The number of nitrogens with zero attached hydrogens (tertiary/aromatic N) is 3. The average Bonchev–Trinajstić information content (AvgIpc) is 2.69. The van der Waals surface area contributed by atoms with Crippen molar-refractivity contribution in [2.24, 2.45) is 5.73 Å². The highest BCUT2D eigenvalue weighted by atomic mass is 19.1. The van der Waals surface area contributed by atoms with E-state index in [4.69, 9.17) is 10.5 Å². The van der Waals surface area contributed by atoms with E-state index in [1.54, 1.807) is 18.5 Å². The number of pyridine rings is 2. The van der Waals surface area contributed by atoms with Gasteiger partial charge in [-0.1, -0.05) is 6.07 Å². The summed E-state index contributed by atoms with van der Waals surface area (Å²) in [5.74, 6) is -0.714. The molecule has 7 heteroatoms. The molecular formula is C20H19FN4O2. The van der Waals surface area contributed by atoms with Crippen LogP contribution < -0.4 is 15.4 Å². The van der Waals surface area contributed by atoms with E-state index in [9.17, 15) is 9.18 Å². The lowest BCUT2D eigenvalue weighted by Gasteiger charge is -2.23. The van der Waals surface area contributed by atoms with Crippen molar-refractivity contribution in [1.82, 2.24) is 9.97 Å². The molecule has 0 bridgehead atoms. The number of hydrogen-bond donors (Lipinski definition) is 1. The number of ether oxygens (including phenoxy) is 1. The third-order valence-corrected chi connectivity index (χ3v) is 3.98. The molecule has 2 N–H and O–H groups in total. The summed E-state index contributed by atoms with van der Waals surface area (Å²) in [6, 6.07) is 11.6. The number of primary amides is 1. The highest BCUT2D eigenvalue weighted by Crippen LogP contribution is 2.26. The number of carbonyl (C=O) groups is 1. The van der Waals surface area contributed by atoms with Gasteiger partial charge in [-0.2, -0.15) is 0 Å². The summed E-state index contributed by atoms with van der Waals surface area (Å²) < 4.78 is 20.0. The van der Waals surface area contributed by atoms with Gasteiger partial charge in [-0.3, -0.25) is 9.78 Å². The molecule has 0 atom stereocenters. The Hall–Kier alpha value is -3.48. The van der Waals surface area contributed by atoms with E-state index in [1.165, 1.54) is 24.4 Å². The van der Waals surface area contributed by atoms with Gasteiger partial charge in [-0.25, -0.2) is 9.37 Å². The third kappa shape index (κ3) is 4.58. The standard InChI is InChI=1S/C20H19FN4O2/c1-2-25(15-4-3-9-23-11-15)13-14-5-8-19(17(21)10-14)27-16-6-7-18(20(22)26)24-12-16/h3-12H,2,13H2,1H3,(H2,22,26). The van der Waals surface area contributed by atoms with Gasteiger partial charge in [0.2, 0.25) is 0 Å². The molecule has 2 heterocycles. The summed E-state index contributed by atoms with van der Waals surface area (Å²) in [6.45, 7) is 3.35. The summed E-state index contributed by atoms with van der Waals surface area (Å²) >= 11 is 0. The lowest BCUT2D eigenvalue weighted by atomic mass is 10.2. The fourth-order valence-corrected chi connectivity index (χ4v) is 2.59. The number of benzene rings is 1. The Balaban J connectivity index is 1.72. The largest absolute Gasteiger partial charge is 0.453 e. The topological polar surface area (TPSA) is 81.3 Å². The zero-order chi connectivity index (χ0) is 19.2. The molecule has 0 aliphatic heterocycles. The van der Waals surface area contributed by atoms with Gasteiger partial charge in [0, 0.05) is 19.3 Å². The first kappa shape index (κ1) is 18.3. The van der Waals surface area contributed by atoms with Crippen LogP contribution in [0.3, 0.4) is 0 Å². The molecule has 27 heavy (non-hydrogen) atoms. The molecule has 3 rings (SSSR count). The second-order valence-corrected chi connectivity index (χ2v) is 5.84. The molecule has 138 valence electrons. The number of hydrogen-bond acceptors (Lipinski definition) is 5. The van der Waals surface area contributed by atoms with Gasteiger partial charge in [0.15, 0.2) is 11.6 Å². The van der Waals surface area contributed by atoms with Crippen molar-refractivity contribution in [3.05, 3.63) is 78.1 Å². The molecule has 0 unspecified atom stereocenters.